The third kappa shape index (κ3) is 7.60. The Kier molecular flexibility index (Phi) is 11.5. The third-order valence-electron chi connectivity index (χ3n) is 2.87. The summed E-state index contributed by atoms with van der Waals surface area (Å²) >= 11 is 0. The first-order valence-electron chi connectivity index (χ1n) is 7.04. The first-order chi connectivity index (χ1) is 10.2. The van der Waals surface area contributed by atoms with Crippen LogP contribution in [-0.4, -0.2) is 45.7 Å². The van der Waals surface area contributed by atoms with Gasteiger partial charge in [0.2, 0.25) is 0 Å². The summed E-state index contributed by atoms with van der Waals surface area (Å²) in [7, 11) is 3.35. The minimum atomic E-state index is -0.0806. The van der Waals surface area contributed by atoms with Crippen LogP contribution in [-0.2, 0) is 11.3 Å². The molecule has 0 spiro atoms. The number of carbonyl (C=O) groups is 1. The van der Waals surface area contributed by atoms with Crippen molar-refractivity contribution in [1.29, 1.82) is 0 Å². The molecule has 1 aromatic rings. The lowest BCUT2D eigenvalue weighted by atomic mass is 10.1. The molecule has 0 aliphatic heterocycles. The quantitative estimate of drug-likeness (QED) is 0.270. The van der Waals surface area contributed by atoms with Gasteiger partial charge in [0.1, 0.15) is 0 Å². The van der Waals surface area contributed by atoms with Gasteiger partial charge in [0.15, 0.2) is 5.96 Å². The molecule has 0 bridgehead atoms. The van der Waals surface area contributed by atoms with Crippen LogP contribution < -0.4 is 16.0 Å². The number of halogens is 1. The highest BCUT2D eigenvalue weighted by atomic mass is 127. The van der Waals surface area contributed by atoms with Crippen molar-refractivity contribution >= 4 is 35.8 Å². The normalized spacial score (nSPS) is 10.6. The van der Waals surface area contributed by atoms with E-state index in [1.54, 1.807) is 26.2 Å². The predicted octanol–water partition coefficient (Wildman–Crippen LogP) is 1.37. The van der Waals surface area contributed by atoms with Gasteiger partial charge in [-0.15, -0.1) is 24.0 Å². The number of aliphatic imine (C=N–C) groups is 1. The van der Waals surface area contributed by atoms with E-state index in [1.165, 1.54) is 0 Å². The van der Waals surface area contributed by atoms with E-state index < -0.39 is 0 Å². The highest BCUT2D eigenvalue weighted by Gasteiger charge is 2.03. The number of nitrogens with zero attached hydrogens (tertiary/aromatic N) is 1. The third-order valence-corrected chi connectivity index (χ3v) is 2.87. The van der Waals surface area contributed by atoms with Crippen molar-refractivity contribution < 1.29 is 9.53 Å². The number of carbonyl (C=O) groups excluding carboxylic acids is 1. The van der Waals surface area contributed by atoms with E-state index >= 15 is 0 Å². The van der Waals surface area contributed by atoms with Crippen LogP contribution >= 0.6 is 24.0 Å². The molecule has 0 aliphatic carbocycles. The van der Waals surface area contributed by atoms with E-state index in [0.717, 1.165) is 11.5 Å². The maximum Gasteiger partial charge on any atom is 0.251 e. The molecular weight excluding hydrogens is 395 g/mol. The van der Waals surface area contributed by atoms with Crippen molar-refractivity contribution in [1.82, 2.24) is 16.0 Å². The lowest BCUT2D eigenvalue weighted by Gasteiger charge is -2.12. The molecule has 0 atom stereocenters. The van der Waals surface area contributed by atoms with Gasteiger partial charge in [-0.25, -0.2) is 0 Å². The Morgan fingerprint density at radius 1 is 1.23 bits per heavy atom. The summed E-state index contributed by atoms with van der Waals surface area (Å²) in [6, 6.07) is 7.46. The van der Waals surface area contributed by atoms with Crippen LogP contribution in [0.15, 0.2) is 29.3 Å². The fourth-order valence-electron chi connectivity index (χ4n) is 1.71. The van der Waals surface area contributed by atoms with Crippen molar-refractivity contribution in [3.8, 4) is 0 Å². The summed E-state index contributed by atoms with van der Waals surface area (Å²) < 4.78 is 5.25. The summed E-state index contributed by atoms with van der Waals surface area (Å²) in [4.78, 5) is 15.6. The Labute approximate surface area is 149 Å². The first kappa shape index (κ1) is 20.6. The van der Waals surface area contributed by atoms with E-state index in [9.17, 15) is 4.79 Å². The summed E-state index contributed by atoms with van der Waals surface area (Å²) in [5.74, 6) is 0.646. The van der Waals surface area contributed by atoms with Crippen molar-refractivity contribution in [3.05, 3.63) is 35.4 Å². The van der Waals surface area contributed by atoms with Crippen LogP contribution in [0.4, 0.5) is 0 Å². The summed E-state index contributed by atoms with van der Waals surface area (Å²) in [5.41, 5.74) is 1.73. The van der Waals surface area contributed by atoms with E-state index in [1.807, 2.05) is 19.1 Å². The molecule has 3 N–H and O–H groups in total. The Bertz CT molecular complexity index is 463. The topological polar surface area (TPSA) is 74.8 Å². The lowest BCUT2D eigenvalue weighted by Crippen LogP contribution is -2.38. The molecule has 7 heteroatoms. The Morgan fingerprint density at radius 3 is 2.45 bits per heavy atom. The molecule has 0 aromatic heterocycles. The van der Waals surface area contributed by atoms with Gasteiger partial charge in [0.25, 0.3) is 5.91 Å². The van der Waals surface area contributed by atoms with Crippen LogP contribution in [0.1, 0.15) is 22.8 Å². The highest BCUT2D eigenvalue weighted by molar-refractivity contribution is 14.0. The largest absolute Gasteiger partial charge is 0.380 e. The average Bonchev–Trinajstić information content (AvgIpc) is 2.54. The fourth-order valence-corrected chi connectivity index (χ4v) is 1.71. The zero-order valence-corrected chi connectivity index (χ0v) is 15.6. The fraction of sp³-hybridized carbons (Fsp3) is 0.467. The number of hydrogen-bond donors (Lipinski definition) is 3. The summed E-state index contributed by atoms with van der Waals surface area (Å²) in [6.07, 6.45) is 0. The lowest BCUT2D eigenvalue weighted by molar-refractivity contribution is 0.0963. The second-order valence-corrected chi connectivity index (χ2v) is 4.33. The van der Waals surface area contributed by atoms with Crippen LogP contribution in [0.2, 0.25) is 0 Å². The average molecular weight is 420 g/mol. The second kappa shape index (κ2) is 12.2. The van der Waals surface area contributed by atoms with Crippen molar-refractivity contribution in [2.75, 3.05) is 33.9 Å². The SMILES string of the molecule is CCOCCNC(=NC)NCc1ccc(C(=O)NC)cc1.I. The Morgan fingerprint density at radius 2 is 1.91 bits per heavy atom. The van der Waals surface area contributed by atoms with Crippen molar-refractivity contribution in [3.63, 3.8) is 0 Å². The smallest absolute Gasteiger partial charge is 0.251 e. The predicted molar refractivity (Wildman–Crippen MR) is 99.9 cm³/mol. The minimum Gasteiger partial charge on any atom is -0.380 e. The molecule has 1 rings (SSSR count). The van der Waals surface area contributed by atoms with E-state index in [2.05, 4.69) is 20.9 Å². The minimum absolute atomic E-state index is 0. The standard InChI is InChI=1S/C15H24N4O2.HI/c1-4-21-10-9-18-15(17-3)19-11-12-5-7-13(8-6-12)14(20)16-2;/h5-8H,4,9-11H2,1-3H3,(H,16,20)(H2,17,18,19);1H. The number of guanidine groups is 1. The van der Waals surface area contributed by atoms with Crippen molar-refractivity contribution in [2.24, 2.45) is 4.99 Å². The van der Waals surface area contributed by atoms with Gasteiger partial charge in [0, 0.05) is 39.4 Å². The van der Waals surface area contributed by atoms with Crippen LogP contribution in [0.5, 0.6) is 0 Å². The van der Waals surface area contributed by atoms with Crippen molar-refractivity contribution in [2.45, 2.75) is 13.5 Å². The van der Waals surface area contributed by atoms with Gasteiger partial charge in [-0.05, 0) is 24.6 Å². The molecule has 124 valence electrons. The first-order valence-corrected chi connectivity index (χ1v) is 7.04. The van der Waals surface area contributed by atoms with Gasteiger partial charge in [-0.2, -0.15) is 0 Å². The van der Waals surface area contributed by atoms with Gasteiger partial charge in [-0.3, -0.25) is 9.79 Å². The molecule has 1 amide bonds. The maximum atomic E-state index is 11.4. The zero-order valence-electron chi connectivity index (χ0n) is 13.3. The highest BCUT2D eigenvalue weighted by Crippen LogP contribution is 2.04. The maximum absolute atomic E-state index is 11.4. The summed E-state index contributed by atoms with van der Waals surface area (Å²) in [6.45, 7) is 4.68. The van der Waals surface area contributed by atoms with E-state index in [-0.39, 0.29) is 29.9 Å². The molecule has 1 aromatic carbocycles. The Balaban J connectivity index is 0.00000441. The van der Waals surface area contributed by atoms with E-state index in [4.69, 9.17) is 4.74 Å². The van der Waals surface area contributed by atoms with E-state index in [0.29, 0.717) is 31.9 Å². The number of hydrogen-bond acceptors (Lipinski definition) is 3. The molecule has 0 saturated carbocycles. The molecular formula is C15H25IN4O2. The molecule has 0 unspecified atom stereocenters. The molecule has 22 heavy (non-hydrogen) atoms. The number of amides is 1. The second-order valence-electron chi connectivity index (χ2n) is 4.33. The molecule has 0 radical (unpaired) electrons. The number of benzene rings is 1. The molecule has 0 heterocycles. The zero-order chi connectivity index (χ0) is 15.5. The molecule has 0 fully saturated rings. The molecule has 0 aliphatic rings. The van der Waals surface area contributed by atoms with Gasteiger partial charge >= 0.3 is 0 Å². The summed E-state index contributed by atoms with van der Waals surface area (Å²) in [5, 5.41) is 8.97. The van der Waals surface area contributed by atoms with Gasteiger partial charge < -0.3 is 20.7 Å². The van der Waals surface area contributed by atoms with Crippen LogP contribution in [0.3, 0.4) is 0 Å². The van der Waals surface area contributed by atoms with Crippen LogP contribution in [0, 0.1) is 0 Å². The monoisotopic (exact) mass is 420 g/mol. The van der Waals surface area contributed by atoms with Crippen LogP contribution in [0.25, 0.3) is 0 Å². The molecule has 6 nitrogen and oxygen atoms in total. The number of rotatable bonds is 7. The van der Waals surface area contributed by atoms with Gasteiger partial charge in [-0.1, -0.05) is 12.1 Å². The molecule has 0 saturated heterocycles. The Hall–Kier alpha value is -1.35. The number of nitrogens with one attached hydrogen (secondary N) is 3. The van der Waals surface area contributed by atoms with Gasteiger partial charge in [0.05, 0.1) is 6.61 Å². The number of ether oxygens (including phenoxy) is 1.